The highest BCUT2D eigenvalue weighted by Gasteiger charge is 2.57. The summed E-state index contributed by atoms with van der Waals surface area (Å²) in [5.41, 5.74) is 2.25. The number of benzene rings is 1. The van der Waals surface area contributed by atoms with Crippen molar-refractivity contribution >= 4 is 16.8 Å². The number of hydrogen-bond acceptors (Lipinski definition) is 5. The van der Waals surface area contributed by atoms with Crippen LogP contribution in [-0.2, 0) is 22.0 Å². The molecule has 1 N–H and O–H groups in total. The Balaban J connectivity index is 1.44. The molecule has 2 fully saturated rings. The molecular formula is C31H44F5NO4S. The molecule has 0 bridgehead atoms. The summed E-state index contributed by atoms with van der Waals surface area (Å²) >= 11 is 0. The van der Waals surface area contributed by atoms with E-state index in [1.54, 1.807) is 0 Å². The summed E-state index contributed by atoms with van der Waals surface area (Å²) in [5.74, 6) is -3.24. The molecule has 0 spiro atoms. The van der Waals surface area contributed by atoms with E-state index in [4.69, 9.17) is 4.74 Å². The van der Waals surface area contributed by atoms with Gasteiger partial charge in [-0.25, -0.2) is 0 Å². The Labute approximate surface area is 248 Å². The first-order chi connectivity index (χ1) is 19.6. The topological polar surface area (TPSA) is 66.8 Å². The Morgan fingerprint density at radius 2 is 1.83 bits per heavy atom. The Kier molecular flexibility index (Phi) is 10.5. The van der Waals surface area contributed by atoms with Crippen LogP contribution < -0.4 is 4.74 Å². The van der Waals surface area contributed by atoms with Crippen LogP contribution in [0.4, 0.5) is 22.0 Å². The summed E-state index contributed by atoms with van der Waals surface area (Å²) in [6.45, 7) is 2.79. The molecule has 238 valence electrons. The van der Waals surface area contributed by atoms with E-state index in [-0.39, 0.29) is 41.3 Å². The Hall–Kier alpha value is -1.59. The monoisotopic (exact) mass is 621 g/mol. The number of carbonyl (C=O) groups is 1. The highest BCUT2D eigenvalue weighted by atomic mass is 32.2. The third kappa shape index (κ3) is 7.37. The van der Waals surface area contributed by atoms with E-state index >= 15 is 0 Å². The number of carbonyl (C=O) groups excluding carboxylic acids is 1. The lowest BCUT2D eigenvalue weighted by Gasteiger charge is -2.53. The fourth-order valence-electron chi connectivity index (χ4n) is 7.79. The largest absolute Gasteiger partial charge is 0.453 e. The van der Waals surface area contributed by atoms with E-state index in [1.165, 1.54) is 5.56 Å². The normalized spacial score (nSPS) is 30.0. The molecule has 1 aromatic rings. The maximum atomic E-state index is 13.2. The zero-order valence-corrected chi connectivity index (χ0v) is 25.5. The molecule has 0 radical (unpaired) electrons. The maximum absolute atomic E-state index is 13.2. The highest BCUT2D eigenvalue weighted by molar-refractivity contribution is 7.84. The van der Waals surface area contributed by atoms with Crippen molar-refractivity contribution in [3.63, 3.8) is 0 Å². The lowest BCUT2D eigenvalue weighted by Crippen LogP contribution is -2.47. The average molecular weight is 622 g/mol. The zero-order chi connectivity index (χ0) is 30.9. The Morgan fingerprint density at radius 1 is 1.12 bits per heavy atom. The number of alkyl halides is 5. The minimum absolute atomic E-state index is 0.147. The first-order valence-corrected chi connectivity index (χ1v) is 16.6. The van der Waals surface area contributed by atoms with Gasteiger partial charge in [0.15, 0.2) is 0 Å². The molecule has 0 aliphatic heterocycles. The van der Waals surface area contributed by atoms with Crippen LogP contribution in [0.1, 0.15) is 81.8 Å². The summed E-state index contributed by atoms with van der Waals surface area (Å²) < 4.78 is 81.9. The van der Waals surface area contributed by atoms with Gasteiger partial charge in [0.2, 0.25) is 0 Å². The Morgan fingerprint density at radius 3 is 2.52 bits per heavy atom. The SMILES string of the molecule is CN(C)CCC(=O)Oc1ccc2c(c1)C[C@@H](CCCS(=O)CCCC(F)(F)C(F)(F)F)[C@@H]1[C@@H]2CC[C@]2(C)[C@@H](O)CC[C@@H]12. The molecule has 0 amide bonds. The van der Waals surface area contributed by atoms with Gasteiger partial charge in [0.25, 0.3) is 0 Å². The number of ether oxygens (including phenoxy) is 1. The molecule has 3 aliphatic rings. The number of rotatable bonds is 12. The number of aliphatic hydroxyl groups excluding tert-OH is 1. The van der Waals surface area contributed by atoms with Crippen molar-refractivity contribution in [1.82, 2.24) is 4.90 Å². The van der Waals surface area contributed by atoms with E-state index in [1.807, 2.05) is 31.1 Å². The molecule has 3 aliphatic carbocycles. The number of hydrogen-bond donors (Lipinski definition) is 1. The van der Waals surface area contributed by atoms with E-state index < -0.39 is 35.7 Å². The molecule has 0 aromatic heterocycles. The second kappa shape index (κ2) is 13.2. The third-order valence-corrected chi connectivity index (χ3v) is 11.5. The van der Waals surface area contributed by atoms with Gasteiger partial charge >= 0.3 is 18.1 Å². The van der Waals surface area contributed by atoms with Gasteiger partial charge in [0, 0.05) is 35.3 Å². The van der Waals surface area contributed by atoms with Crippen molar-refractivity contribution in [1.29, 1.82) is 0 Å². The van der Waals surface area contributed by atoms with Gasteiger partial charge in [-0.05, 0) is 118 Å². The van der Waals surface area contributed by atoms with Crippen molar-refractivity contribution in [2.45, 2.75) is 95.3 Å². The average Bonchev–Trinajstić information content (AvgIpc) is 3.20. The van der Waals surface area contributed by atoms with Gasteiger partial charge in [-0.1, -0.05) is 13.0 Å². The molecule has 1 unspecified atom stereocenters. The second-order valence-corrected chi connectivity index (χ2v) is 14.8. The van der Waals surface area contributed by atoms with Gasteiger partial charge < -0.3 is 14.7 Å². The minimum atomic E-state index is -5.59. The molecule has 1 aromatic carbocycles. The molecule has 4 rings (SSSR count). The van der Waals surface area contributed by atoms with E-state index in [2.05, 4.69) is 13.0 Å². The standard InChI is InChI=1S/C31H44F5NO4S/c1-29-14-11-24-23-8-7-22(41-27(39)12-15-37(2)3)19-21(23)18-20(28(24)25(29)9-10-26(29)38)6-4-16-42(40)17-5-13-30(32,33)31(34,35)36/h7-8,19-20,24-26,28,38H,4-6,9-18H2,1-3H3/t20-,24-,25+,26+,28-,29+,42?/m1/s1. The fourth-order valence-corrected chi connectivity index (χ4v) is 8.95. The van der Waals surface area contributed by atoms with Crippen LogP contribution in [0.2, 0.25) is 0 Å². The minimum Gasteiger partial charge on any atom is -0.426 e. The van der Waals surface area contributed by atoms with Crippen LogP contribution in [0.3, 0.4) is 0 Å². The molecule has 0 saturated heterocycles. The van der Waals surface area contributed by atoms with Gasteiger partial charge in [0.05, 0.1) is 12.5 Å². The second-order valence-electron chi connectivity index (χ2n) is 13.1. The van der Waals surface area contributed by atoms with E-state index in [0.717, 1.165) is 44.1 Å². The zero-order valence-electron chi connectivity index (χ0n) is 24.7. The maximum Gasteiger partial charge on any atom is 0.453 e. The molecule has 11 heteroatoms. The van der Waals surface area contributed by atoms with Gasteiger partial charge in [0.1, 0.15) is 5.75 Å². The van der Waals surface area contributed by atoms with Crippen molar-refractivity contribution in [3.05, 3.63) is 29.3 Å². The van der Waals surface area contributed by atoms with Gasteiger partial charge in [-0.3, -0.25) is 9.00 Å². The predicted molar refractivity (Wildman–Crippen MR) is 152 cm³/mol. The van der Waals surface area contributed by atoms with Gasteiger partial charge in [-0.2, -0.15) is 22.0 Å². The van der Waals surface area contributed by atoms with Crippen LogP contribution in [0.15, 0.2) is 18.2 Å². The molecular weight excluding hydrogens is 577 g/mol. The van der Waals surface area contributed by atoms with Crippen molar-refractivity contribution in [2.24, 2.45) is 23.2 Å². The first kappa shape index (κ1) is 33.3. The van der Waals surface area contributed by atoms with Crippen LogP contribution in [0.25, 0.3) is 0 Å². The van der Waals surface area contributed by atoms with Crippen molar-refractivity contribution < 1.29 is 40.8 Å². The molecule has 0 heterocycles. The summed E-state index contributed by atoms with van der Waals surface area (Å²) in [7, 11) is 2.31. The van der Waals surface area contributed by atoms with Crippen molar-refractivity contribution in [3.8, 4) is 5.75 Å². The molecule has 7 atom stereocenters. The fraction of sp³-hybridized carbons (Fsp3) is 0.774. The van der Waals surface area contributed by atoms with Crippen molar-refractivity contribution in [2.75, 3.05) is 32.1 Å². The molecule has 5 nitrogen and oxygen atoms in total. The lowest BCUT2D eigenvalue weighted by molar-refractivity contribution is -0.284. The summed E-state index contributed by atoms with van der Waals surface area (Å²) in [6.07, 6.45) is -1.75. The molecule has 42 heavy (non-hydrogen) atoms. The van der Waals surface area contributed by atoms with Crippen LogP contribution in [0.5, 0.6) is 5.75 Å². The third-order valence-electron chi connectivity index (χ3n) is 10.0. The van der Waals surface area contributed by atoms with Crippen LogP contribution in [-0.4, -0.2) is 70.5 Å². The number of esters is 1. The van der Waals surface area contributed by atoms with Crippen LogP contribution in [0, 0.1) is 23.2 Å². The summed E-state index contributed by atoms with van der Waals surface area (Å²) in [4.78, 5) is 14.3. The van der Waals surface area contributed by atoms with Crippen LogP contribution >= 0.6 is 0 Å². The van der Waals surface area contributed by atoms with E-state index in [0.29, 0.717) is 36.5 Å². The lowest BCUT2D eigenvalue weighted by atomic mass is 9.52. The number of aliphatic hydroxyl groups is 1. The molecule has 2 saturated carbocycles. The number of nitrogens with zero attached hydrogens (tertiary/aromatic N) is 1. The van der Waals surface area contributed by atoms with Gasteiger partial charge in [-0.15, -0.1) is 0 Å². The Bertz CT molecular complexity index is 1130. The summed E-state index contributed by atoms with van der Waals surface area (Å²) in [5, 5.41) is 10.9. The van der Waals surface area contributed by atoms with E-state index in [9.17, 15) is 36.1 Å². The first-order valence-electron chi connectivity index (χ1n) is 15.1. The number of fused-ring (bicyclic) bond motifs is 5. The quantitative estimate of drug-likeness (QED) is 0.164. The smallest absolute Gasteiger partial charge is 0.426 e. The number of halogens is 5. The summed E-state index contributed by atoms with van der Waals surface area (Å²) in [6, 6.07) is 5.91. The predicted octanol–water partition coefficient (Wildman–Crippen LogP) is 6.49. The highest BCUT2D eigenvalue weighted by Crippen LogP contribution is 2.62.